The molecule has 0 radical (unpaired) electrons. The van der Waals surface area contributed by atoms with E-state index < -0.39 is 5.60 Å². The summed E-state index contributed by atoms with van der Waals surface area (Å²) in [6, 6.07) is 6.82. The number of aryl methyl sites for hydroxylation is 1. The number of nitrogens with one attached hydrogen (secondary N) is 1. The fraction of sp³-hybridized carbons (Fsp3) is 0.312. The van der Waals surface area contributed by atoms with Crippen LogP contribution >= 0.6 is 11.6 Å². The summed E-state index contributed by atoms with van der Waals surface area (Å²) in [5.41, 5.74) is 3.20. The Balaban J connectivity index is 1.98. The van der Waals surface area contributed by atoms with Gasteiger partial charge in [0.15, 0.2) is 5.60 Å². The number of carbonyl (C=O) groups excluding carboxylic acids is 1. The van der Waals surface area contributed by atoms with E-state index in [2.05, 4.69) is 15.6 Å². The molecule has 2 rings (SSSR count). The lowest BCUT2D eigenvalue weighted by molar-refractivity contribution is -0.134. The van der Waals surface area contributed by atoms with E-state index in [1.807, 2.05) is 14.0 Å². The van der Waals surface area contributed by atoms with E-state index in [0.29, 0.717) is 10.8 Å². The molecule has 0 atom stereocenters. The largest absolute Gasteiger partial charge is 0.478 e. The third-order valence-corrected chi connectivity index (χ3v) is 3.63. The topological polar surface area (TPSA) is 68.5 Å². The molecule has 0 saturated heterocycles. The molecule has 0 aliphatic carbocycles. The van der Waals surface area contributed by atoms with Gasteiger partial charge in [-0.15, -0.1) is 0 Å². The predicted molar refractivity (Wildman–Crippen MR) is 89.8 cm³/mol. The first-order valence-corrected chi connectivity index (χ1v) is 7.44. The monoisotopic (exact) mass is 334 g/mol. The smallest absolute Gasteiger partial charge is 0.283 e. The molecule has 23 heavy (non-hydrogen) atoms. The summed E-state index contributed by atoms with van der Waals surface area (Å²) in [5, 5.41) is 8.67. The first-order valence-electron chi connectivity index (χ1n) is 7.06. The Morgan fingerprint density at radius 2 is 2.04 bits per heavy atom. The van der Waals surface area contributed by atoms with Crippen LogP contribution in [0.25, 0.3) is 0 Å². The highest BCUT2D eigenvalue weighted by atomic mass is 35.5. The van der Waals surface area contributed by atoms with Crippen LogP contribution in [0.1, 0.15) is 25.1 Å². The first kappa shape index (κ1) is 17.0. The van der Waals surface area contributed by atoms with Gasteiger partial charge in [0.1, 0.15) is 5.75 Å². The van der Waals surface area contributed by atoms with Crippen molar-refractivity contribution in [1.82, 2.24) is 15.2 Å². The van der Waals surface area contributed by atoms with Gasteiger partial charge in [-0.3, -0.25) is 9.48 Å². The fourth-order valence-corrected chi connectivity index (χ4v) is 1.91. The van der Waals surface area contributed by atoms with Gasteiger partial charge in [-0.2, -0.15) is 10.2 Å². The van der Waals surface area contributed by atoms with E-state index in [1.54, 1.807) is 55.2 Å². The summed E-state index contributed by atoms with van der Waals surface area (Å²) in [4.78, 5) is 12.2. The number of hydrogen-bond donors (Lipinski definition) is 1. The van der Waals surface area contributed by atoms with Gasteiger partial charge in [0.05, 0.1) is 12.4 Å². The SMILES string of the molecule is Cc1c(/C=N\NC(=O)C(C)(C)Oc2ccc(Cl)cc2)cnn1C. The first-order chi connectivity index (χ1) is 10.8. The number of rotatable bonds is 5. The van der Waals surface area contributed by atoms with E-state index in [0.717, 1.165) is 11.3 Å². The average molecular weight is 335 g/mol. The fourth-order valence-electron chi connectivity index (χ4n) is 1.78. The summed E-state index contributed by atoms with van der Waals surface area (Å²) in [7, 11) is 1.84. The molecule has 1 heterocycles. The highest BCUT2D eigenvalue weighted by Crippen LogP contribution is 2.21. The highest BCUT2D eigenvalue weighted by molar-refractivity contribution is 6.30. The number of hydrazone groups is 1. The van der Waals surface area contributed by atoms with Crippen LogP contribution in [-0.4, -0.2) is 27.5 Å². The average Bonchev–Trinajstić information content (AvgIpc) is 2.81. The number of halogens is 1. The Morgan fingerprint density at radius 1 is 1.39 bits per heavy atom. The molecule has 1 aromatic heterocycles. The van der Waals surface area contributed by atoms with E-state index in [4.69, 9.17) is 16.3 Å². The molecule has 0 spiro atoms. The summed E-state index contributed by atoms with van der Waals surface area (Å²) in [6.07, 6.45) is 3.24. The van der Waals surface area contributed by atoms with Crippen molar-refractivity contribution in [1.29, 1.82) is 0 Å². The molecule has 0 unspecified atom stereocenters. The maximum atomic E-state index is 12.2. The number of hydrogen-bond acceptors (Lipinski definition) is 4. The van der Waals surface area contributed by atoms with E-state index in [-0.39, 0.29) is 5.91 Å². The quantitative estimate of drug-likeness (QED) is 0.675. The van der Waals surface area contributed by atoms with Crippen LogP contribution < -0.4 is 10.2 Å². The van der Waals surface area contributed by atoms with Gasteiger partial charge in [0, 0.05) is 23.3 Å². The zero-order chi connectivity index (χ0) is 17.0. The molecule has 0 saturated carbocycles. The van der Waals surface area contributed by atoms with Crippen LogP contribution in [0, 0.1) is 6.92 Å². The van der Waals surface area contributed by atoms with Crippen molar-refractivity contribution in [3.05, 3.63) is 46.7 Å². The molecule has 0 bridgehead atoms. The minimum absolute atomic E-state index is 0.356. The summed E-state index contributed by atoms with van der Waals surface area (Å²) < 4.78 is 7.42. The molecule has 1 amide bonds. The van der Waals surface area contributed by atoms with Crippen molar-refractivity contribution in [3.63, 3.8) is 0 Å². The lowest BCUT2D eigenvalue weighted by Gasteiger charge is -2.24. The predicted octanol–water partition coefficient (Wildman–Crippen LogP) is 2.69. The number of nitrogens with zero attached hydrogens (tertiary/aromatic N) is 3. The lowest BCUT2D eigenvalue weighted by atomic mass is 10.1. The molecule has 1 aromatic carbocycles. The second-order valence-electron chi connectivity index (χ2n) is 5.57. The molecule has 122 valence electrons. The van der Waals surface area contributed by atoms with Crippen molar-refractivity contribution in [2.75, 3.05) is 0 Å². The van der Waals surface area contributed by atoms with Gasteiger partial charge in [-0.25, -0.2) is 5.43 Å². The molecular formula is C16H19ClN4O2. The Morgan fingerprint density at radius 3 is 2.61 bits per heavy atom. The molecule has 2 aromatic rings. The van der Waals surface area contributed by atoms with Crippen molar-refractivity contribution < 1.29 is 9.53 Å². The summed E-state index contributed by atoms with van der Waals surface area (Å²) in [5.74, 6) is 0.201. The van der Waals surface area contributed by atoms with Gasteiger partial charge >= 0.3 is 0 Å². The minimum Gasteiger partial charge on any atom is -0.478 e. The number of aromatic nitrogens is 2. The van der Waals surface area contributed by atoms with Crippen LogP contribution in [0.15, 0.2) is 35.6 Å². The van der Waals surface area contributed by atoms with Gasteiger partial charge in [-0.05, 0) is 45.0 Å². The second kappa shape index (κ2) is 6.83. The van der Waals surface area contributed by atoms with Crippen LogP contribution in [0.4, 0.5) is 0 Å². The Hall–Kier alpha value is -2.34. The van der Waals surface area contributed by atoms with Crippen molar-refractivity contribution in [3.8, 4) is 5.75 Å². The summed E-state index contributed by atoms with van der Waals surface area (Å²) >= 11 is 5.83. The number of benzene rings is 1. The normalized spacial score (nSPS) is 11.7. The van der Waals surface area contributed by atoms with Crippen LogP contribution in [-0.2, 0) is 11.8 Å². The van der Waals surface area contributed by atoms with Gasteiger partial charge in [-0.1, -0.05) is 11.6 Å². The van der Waals surface area contributed by atoms with Crippen molar-refractivity contribution >= 4 is 23.7 Å². The van der Waals surface area contributed by atoms with E-state index >= 15 is 0 Å². The molecule has 7 heteroatoms. The summed E-state index contributed by atoms with van der Waals surface area (Å²) in [6.45, 7) is 5.26. The Labute approximate surface area is 140 Å². The van der Waals surface area contributed by atoms with Crippen LogP contribution in [0.5, 0.6) is 5.75 Å². The van der Waals surface area contributed by atoms with Crippen LogP contribution in [0.2, 0.25) is 5.02 Å². The molecule has 0 fully saturated rings. The third-order valence-electron chi connectivity index (χ3n) is 3.38. The minimum atomic E-state index is -1.07. The molecular weight excluding hydrogens is 316 g/mol. The second-order valence-corrected chi connectivity index (χ2v) is 6.01. The van der Waals surface area contributed by atoms with E-state index in [9.17, 15) is 4.79 Å². The highest BCUT2D eigenvalue weighted by Gasteiger charge is 2.29. The molecule has 1 N–H and O–H groups in total. The zero-order valence-corrected chi connectivity index (χ0v) is 14.3. The van der Waals surface area contributed by atoms with Gasteiger partial charge in [0.25, 0.3) is 5.91 Å². The number of carbonyl (C=O) groups is 1. The molecule has 0 aliphatic heterocycles. The lowest BCUT2D eigenvalue weighted by Crippen LogP contribution is -2.44. The van der Waals surface area contributed by atoms with Gasteiger partial charge < -0.3 is 4.74 Å². The Bertz CT molecular complexity index is 720. The van der Waals surface area contributed by atoms with Crippen molar-refractivity contribution in [2.24, 2.45) is 12.1 Å². The maximum Gasteiger partial charge on any atom is 0.283 e. The Kier molecular flexibility index (Phi) is 5.05. The zero-order valence-electron chi connectivity index (χ0n) is 13.5. The number of ether oxygens (including phenoxy) is 1. The van der Waals surface area contributed by atoms with Crippen molar-refractivity contribution in [2.45, 2.75) is 26.4 Å². The van der Waals surface area contributed by atoms with Gasteiger partial charge in [0.2, 0.25) is 0 Å². The maximum absolute atomic E-state index is 12.2. The van der Waals surface area contributed by atoms with Crippen LogP contribution in [0.3, 0.4) is 0 Å². The standard InChI is InChI=1S/C16H19ClN4O2/c1-11-12(10-19-21(11)4)9-18-20-15(22)16(2,3)23-14-7-5-13(17)6-8-14/h5-10H,1-4H3,(H,20,22)/b18-9-. The number of amides is 1. The molecule has 6 nitrogen and oxygen atoms in total. The van der Waals surface area contributed by atoms with E-state index in [1.165, 1.54) is 0 Å². The molecule has 0 aliphatic rings. The third kappa shape index (κ3) is 4.32.